The van der Waals surface area contributed by atoms with Crippen LogP contribution in [0.2, 0.25) is 0 Å². The minimum atomic E-state index is -0.765. The largest absolute Gasteiger partial charge is 0.387 e. The molecule has 0 bridgehead atoms. The summed E-state index contributed by atoms with van der Waals surface area (Å²) in [4.78, 5) is 0. The van der Waals surface area contributed by atoms with Crippen molar-refractivity contribution in [1.82, 2.24) is 0 Å². The fourth-order valence-electron chi connectivity index (χ4n) is 2.70. The van der Waals surface area contributed by atoms with E-state index in [1.165, 1.54) is 0 Å². The standard InChI is InChI=1S/C12H20O6/c1-11(2)14-5-6(16-11)8-7(13)9-10(15-8)18-12(3,4)17-9/h6-10,13H,5H2,1-4H3/t6-,7+,8+,9-,10?/m1/s1. The molecule has 0 aromatic heterocycles. The normalized spacial score (nSPS) is 49.5. The fraction of sp³-hybridized carbons (Fsp3) is 1.00. The van der Waals surface area contributed by atoms with Gasteiger partial charge in [0.1, 0.15) is 24.4 Å². The second kappa shape index (κ2) is 3.88. The Morgan fingerprint density at radius 2 is 1.67 bits per heavy atom. The molecule has 3 saturated heterocycles. The second-order valence-electron chi connectivity index (χ2n) is 5.93. The van der Waals surface area contributed by atoms with Gasteiger partial charge in [0.25, 0.3) is 0 Å². The lowest BCUT2D eigenvalue weighted by atomic mass is 10.1. The first-order chi connectivity index (χ1) is 8.27. The summed E-state index contributed by atoms with van der Waals surface area (Å²) >= 11 is 0. The zero-order valence-electron chi connectivity index (χ0n) is 11.1. The number of rotatable bonds is 1. The van der Waals surface area contributed by atoms with Gasteiger partial charge in [0, 0.05) is 0 Å². The van der Waals surface area contributed by atoms with E-state index >= 15 is 0 Å². The van der Waals surface area contributed by atoms with Crippen molar-refractivity contribution >= 4 is 0 Å². The molecule has 6 nitrogen and oxygen atoms in total. The Morgan fingerprint density at radius 3 is 2.22 bits per heavy atom. The van der Waals surface area contributed by atoms with Crippen LogP contribution in [-0.4, -0.2) is 54.0 Å². The number of aliphatic hydroxyl groups is 1. The van der Waals surface area contributed by atoms with Gasteiger partial charge in [0.15, 0.2) is 17.9 Å². The third-order valence-corrected chi connectivity index (χ3v) is 3.45. The number of fused-ring (bicyclic) bond motifs is 1. The molecular weight excluding hydrogens is 240 g/mol. The average molecular weight is 260 g/mol. The molecule has 0 amide bonds. The van der Waals surface area contributed by atoms with Crippen LogP contribution >= 0.6 is 0 Å². The molecule has 104 valence electrons. The van der Waals surface area contributed by atoms with E-state index in [2.05, 4.69) is 0 Å². The molecule has 3 fully saturated rings. The maximum absolute atomic E-state index is 10.3. The van der Waals surface area contributed by atoms with Gasteiger partial charge in [0.05, 0.1) is 6.61 Å². The Morgan fingerprint density at radius 1 is 0.944 bits per heavy atom. The number of hydrogen-bond acceptors (Lipinski definition) is 6. The van der Waals surface area contributed by atoms with E-state index in [1.54, 1.807) is 13.8 Å². The lowest BCUT2D eigenvalue weighted by Gasteiger charge is -2.26. The molecule has 18 heavy (non-hydrogen) atoms. The minimum absolute atomic E-state index is 0.295. The van der Waals surface area contributed by atoms with Gasteiger partial charge in [-0.15, -0.1) is 0 Å². The molecule has 1 unspecified atom stereocenters. The van der Waals surface area contributed by atoms with Crippen LogP contribution in [0.25, 0.3) is 0 Å². The molecule has 0 aromatic carbocycles. The van der Waals surface area contributed by atoms with Crippen LogP contribution in [0.3, 0.4) is 0 Å². The highest BCUT2D eigenvalue weighted by Gasteiger charge is 2.57. The minimum Gasteiger partial charge on any atom is -0.387 e. The van der Waals surface area contributed by atoms with Crippen LogP contribution in [-0.2, 0) is 23.7 Å². The van der Waals surface area contributed by atoms with Crippen LogP contribution in [0.1, 0.15) is 27.7 Å². The molecule has 0 aliphatic carbocycles. The van der Waals surface area contributed by atoms with E-state index in [9.17, 15) is 5.11 Å². The van der Waals surface area contributed by atoms with Crippen molar-refractivity contribution in [1.29, 1.82) is 0 Å². The summed E-state index contributed by atoms with van der Waals surface area (Å²) in [7, 11) is 0. The number of hydrogen-bond donors (Lipinski definition) is 1. The molecule has 0 radical (unpaired) electrons. The van der Waals surface area contributed by atoms with Crippen molar-refractivity contribution in [2.75, 3.05) is 6.61 Å². The fourth-order valence-corrected chi connectivity index (χ4v) is 2.70. The molecule has 3 rings (SSSR count). The van der Waals surface area contributed by atoms with E-state index < -0.39 is 36.2 Å². The highest BCUT2D eigenvalue weighted by atomic mass is 16.8. The smallest absolute Gasteiger partial charge is 0.190 e. The molecule has 5 atom stereocenters. The zero-order valence-corrected chi connectivity index (χ0v) is 11.1. The Balaban J connectivity index is 1.68. The van der Waals surface area contributed by atoms with Crippen LogP contribution < -0.4 is 0 Å². The molecule has 0 aromatic rings. The monoisotopic (exact) mass is 260 g/mol. The second-order valence-corrected chi connectivity index (χ2v) is 5.93. The first-order valence-corrected chi connectivity index (χ1v) is 6.28. The SMILES string of the molecule is CC1(C)OC[C@H]([C@@H]2OC3OC(C)(C)O[C@@H]3[C@H]2O)O1. The number of aliphatic hydroxyl groups excluding tert-OH is 1. The highest BCUT2D eigenvalue weighted by Crippen LogP contribution is 2.40. The van der Waals surface area contributed by atoms with E-state index in [4.69, 9.17) is 23.7 Å². The van der Waals surface area contributed by atoms with E-state index in [0.29, 0.717) is 6.61 Å². The maximum Gasteiger partial charge on any atom is 0.190 e. The van der Waals surface area contributed by atoms with Crippen LogP contribution in [0.4, 0.5) is 0 Å². The number of ether oxygens (including phenoxy) is 5. The summed E-state index contributed by atoms with van der Waals surface area (Å²) in [6.45, 7) is 7.68. The molecule has 6 heteroatoms. The predicted molar refractivity (Wildman–Crippen MR) is 59.6 cm³/mol. The maximum atomic E-state index is 10.3. The van der Waals surface area contributed by atoms with Crippen molar-refractivity contribution in [3.8, 4) is 0 Å². The topological polar surface area (TPSA) is 66.4 Å². The van der Waals surface area contributed by atoms with Gasteiger partial charge < -0.3 is 28.8 Å². The van der Waals surface area contributed by atoms with Crippen molar-refractivity contribution in [2.45, 2.75) is 70.0 Å². The van der Waals surface area contributed by atoms with Gasteiger partial charge in [-0.2, -0.15) is 0 Å². The Bertz CT molecular complexity index is 341. The summed E-state index contributed by atoms with van der Waals surface area (Å²) in [5.41, 5.74) is 0. The van der Waals surface area contributed by atoms with E-state index in [1.807, 2.05) is 13.8 Å². The van der Waals surface area contributed by atoms with Crippen molar-refractivity contribution < 1.29 is 28.8 Å². The summed E-state index contributed by atoms with van der Waals surface area (Å²) in [6, 6.07) is 0. The van der Waals surface area contributed by atoms with Gasteiger partial charge in [-0.3, -0.25) is 0 Å². The van der Waals surface area contributed by atoms with Crippen molar-refractivity contribution in [3.05, 3.63) is 0 Å². The summed E-state index contributed by atoms with van der Waals surface area (Å²) in [6.07, 6.45) is -2.53. The molecule has 0 saturated carbocycles. The Hall–Kier alpha value is -0.240. The lowest BCUT2D eigenvalue weighted by molar-refractivity contribution is -0.232. The first kappa shape index (κ1) is 12.8. The van der Waals surface area contributed by atoms with Crippen molar-refractivity contribution in [3.63, 3.8) is 0 Å². The third kappa shape index (κ3) is 2.07. The van der Waals surface area contributed by atoms with E-state index in [0.717, 1.165) is 0 Å². The van der Waals surface area contributed by atoms with Crippen LogP contribution in [0, 0.1) is 0 Å². The summed E-state index contributed by atoms with van der Waals surface area (Å²) < 4.78 is 28.1. The zero-order chi connectivity index (χ0) is 13.1. The molecular formula is C12H20O6. The predicted octanol–water partition coefficient (Wildman–Crippen LogP) is 0.375. The summed E-state index contributed by atoms with van der Waals surface area (Å²) in [5, 5.41) is 10.3. The lowest BCUT2D eigenvalue weighted by Crippen LogP contribution is -2.42. The molecule has 1 N–H and O–H groups in total. The average Bonchev–Trinajstić information content (AvgIpc) is 2.81. The van der Waals surface area contributed by atoms with Gasteiger partial charge in [-0.05, 0) is 27.7 Å². The molecule has 3 heterocycles. The first-order valence-electron chi connectivity index (χ1n) is 6.28. The summed E-state index contributed by atoms with van der Waals surface area (Å²) in [5.74, 6) is -1.35. The quantitative estimate of drug-likeness (QED) is 0.735. The van der Waals surface area contributed by atoms with Crippen molar-refractivity contribution in [2.24, 2.45) is 0 Å². The van der Waals surface area contributed by atoms with Gasteiger partial charge in [-0.25, -0.2) is 0 Å². The molecule has 0 spiro atoms. The Kier molecular flexibility index (Phi) is 2.75. The Labute approximate surface area is 106 Å². The van der Waals surface area contributed by atoms with Crippen LogP contribution in [0.5, 0.6) is 0 Å². The van der Waals surface area contributed by atoms with Crippen LogP contribution in [0.15, 0.2) is 0 Å². The molecule has 3 aliphatic rings. The molecule has 3 aliphatic heterocycles. The van der Waals surface area contributed by atoms with E-state index in [-0.39, 0.29) is 6.10 Å². The van der Waals surface area contributed by atoms with Gasteiger partial charge in [-0.1, -0.05) is 0 Å². The third-order valence-electron chi connectivity index (χ3n) is 3.45. The van der Waals surface area contributed by atoms with Gasteiger partial charge >= 0.3 is 0 Å². The van der Waals surface area contributed by atoms with Gasteiger partial charge in [0.2, 0.25) is 0 Å². The highest BCUT2D eigenvalue weighted by molar-refractivity contribution is 4.97.